The quantitative estimate of drug-likeness (QED) is 0.668. The van der Waals surface area contributed by atoms with Crippen molar-refractivity contribution >= 4 is 23.2 Å². The topological polar surface area (TPSA) is 59.2 Å². The van der Waals surface area contributed by atoms with E-state index >= 15 is 0 Å². The van der Waals surface area contributed by atoms with Crippen LogP contribution in [0, 0.1) is 13.8 Å². The highest BCUT2D eigenvalue weighted by molar-refractivity contribution is 6.09. The Hall–Kier alpha value is -2.10. The van der Waals surface area contributed by atoms with E-state index in [9.17, 15) is 9.59 Å². The SMILES string of the molecule is CCOC(=O)c1[nH]c2cc(C)cc(C)c2c1C=O. The average molecular weight is 245 g/mol. The molecule has 0 amide bonds. The number of hydrogen-bond donors (Lipinski definition) is 1. The van der Waals surface area contributed by atoms with Gasteiger partial charge in [0.1, 0.15) is 5.69 Å². The van der Waals surface area contributed by atoms with Crippen LogP contribution in [0.1, 0.15) is 38.9 Å². The summed E-state index contributed by atoms with van der Waals surface area (Å²) in [5.41, 5.74) is 3.45. The highest BCUT2D eigenvalue weighted by atomic mass is 16.5. The van der Waals surface area contributed by atoms with Gasteiger partial charge in [0.2, 0.25) is 0 Å². The second-order valence-corrected chi connectivity index (χ2v) is 4.26. The van der Waals surface area contributed by atoms with E-state index in [-0.39, 0.29) is 12.3 Å². The second kappa shape index (κ2) is 4.64. The molecular weight excluding hydrogens is 230 g/mol. The minimum atomic E-state index is -0.493. The summed E-state index contributed by atoms with van der Waals surface area (Å²) in [5, 5.41) is 0.790. The molecule has 0 aliphatic carbocycles. The molecule has 0 unspecified atom stereocenters. The van der Waals surface area contributed by atoms with Gasteiger partial charge in [-0.15, -0.1) is 0 Å². The summed E-state index contributed by atoms with van der Waals surface area (Å²) in [6.45, 7) is 5.91. The molecule has 18 heavy (non-hydrogen) atoms. The van der Waals surface area contributed by atoms with Crippen LogP contribution in [-0.2, 0) is 4.74 Å². The molecule has 4 heteroatoms. The van der Waals surface area contributed by atoms with E-state index < -0.39 is 5.97 Å². The first kappa shape index (κ1) is 12.4. The lowest BCUT2D eigenvalue weighted by molar-refractivity contribution is 0.0518. The zero-order valence-electron chi connectivity index (χ0n) is 10.7. The van der Waals surface area contributed by atoms with Crippen LogP contribution in [0.4, 0.5) is 0 Å². The first-order chi connectivity index (χ1) is 8.58. The maximum Gasteiger partial charge on any atom is 0.355 e. The maximum absolute atomic E-state index is 11.8. The van der Waals surface area contributed by atoms with Crippen molar-refractivity contribution in [2.45, 2.75) is 20.8 Å². The number of aryl methyl sites for hydroxylation is 2. The number of esters is 1. The van der Waals surface area contributed by atoms with Crippen LogP contribution in [0.5, 0.6) is 0 Å². The molecule has 0 spiro atoms. The Labute approximate surface area is 105 Å². The van der Waals surface area contributed by atoms with Crippen molar-refractivity contribution in [3.05, 3.63) is 34.5 Å². The molecule has 0 atom stereocenters. The largest absolute Gasteiger partial charge is 0.461 e. The van der Waals surface area contributed by atoms with Crippen LogP contribution in [0.3, 0.4) is 0 Å². The smallest absolute Gasteiger partial charge is 0.355 e. The molecule has 94 valence electrons. The third-order valence-electron chi connectivity index (χ3n) is 2.88. The average Bonchev–Trinajstić information content (AvgIpc) is 2.67. The Morgan fingerprint density at radius 2 is 2.11 bits per heavy atom. The van der Waals surface area contributed by atoms with Crippen molar-refractivity contribution in [3.63, 3.8) is 0 Å². The molecule has 0 aliphatic rings. The highest BCUT2D eigenvalue weighted by Crippen LogP contribution is 2.26. The number of fused-ring (bicyclic) bond motifs is 1. The third kappa shape index (κ3) is 1.90. The standard InChI is InChI=1S/C14H15NO3/c1-4-18-14(17)13-10(7-16)12-9(3)5-8(2)6-11(12)15-13/h5-7,15H,4H2,1-3H3. The number of ether oxygens (including phenoxy) is 1. The molecule has 0 saturated heterocycles. The predicted molar refractivity (Wildman–Crippen MR) is 69.1 cm³/mol. The first-order valence-corrected chi connectivity index (χ1v) is 5.83. The summed E-state index contributed by atoms with van der Waals surface area (Å²) in [6.07, 6.45) is 0.702. The summed E-state index contributed by atoms with van der Waals surface area (Å²) >= 11 is 0. The molecule has 0 saturated carbocycles. The van der Waals surface area contributed by atoms with Crippen LogP contribution in [-0.4, -0.2) is 23.8 Å². The second-order valence-electron chi connectivity index (χ2n) is 4.26. The number of rotatable bonds is 3. The minimum absolute atomic E-state index is 0.232. The van der Waals surface area contributed by atoms with Crippen molar-refractivity contribution in [3.8, 4) is 0 Å². The number of H-pyrrole nitrogens is 1. The van der Waals surface area contributed by atoms with Gasteiger partial charge < -0.3 is 9.72 Å². The lowest BCUT2D eigenvalue weighted by Crippen LogP contribution is -2.07. The molecule has 1 aromatic carbocycles. The molecule has 2 rings (SSSR count). The zero-order valence-corrected chi connectivity index (χ0v) is 10.7. The number of aldehydes is 1. The summed E-state index contributed by atoms with van der Waals surface area (Å²) in [5.74, 6) is -0.493. The summed E-state index contributed by atoms with van der Waals surface area (Å²) in [7, 11) is 0. The Morgan fingerprint density at radius 1 is 1.39 bits per heavy atom. The van der Waals surface area contributed by atoms with Gasteiger partial charge in [-0.2, -0.15) is 0 Å². The van der Waals surface area contributed by atoms with Crippen LogP contribution < -0.4 is 0 Å². The minimum Gasteiger partial charge on any atom is -0.461 e. The monoisotopic (exact) mass is 245 g/mol. The normalized spacial score (nSPS) is 10.6. The van der Waals surface area contributed by atoms with Crippen molar-refractivity contribution < 1.29 is 14.3 Å². The fraction of sp³-hybridized carbons (Fsp3) is 0.286. The van der Waals surface area contributed by atoms with E-state index in [1.807, 2.05) is 26.0 Å². The zero-order chi connectivity index (χ0) is 13.3. The van der Waals surface area contributed by atoms with Crippen molar-refractivity contribution in [1.82, 2.24) is 4.98 Å². The number of nitrogens with one attached hydrogen (secondary N) is 1. The third-order valence-corrected chi connectivity index (χ3v) is 2.88. The lowest BCUT2D eigenvalue weighted by atomic mass is 10.0. The van der Waals surface area contributed by atoms with Crippen LogP contribution in [0.2, 0.25) is 0 Å². The summed E-state index contributed by atoms with van der Waals surface area (Å²) in [6, 6.07) is 3.90. The van der Waals surface area contributed by atoms with Gasteiger partial charge in [-0.1, -0.05) is 6.07 Å². The molecule has 0 fully saturated rings. The number of carbonyl (C=O) groups is 2. The van der Waals surface area contributed by atoms with Crippen LogP contribution >= 0.6 is 0 Å². The van der Waals surface area contributed by atoms with Crippen molar-refractivity contribution in [2.75, 3.05) is 6.61 Å². The van der Waals surface area contributed by atoms with Crippen molar-refractivity contribution in [1.29, 1.82) is 0 Å². The van der Waals surface area contributed by atoms with Crippen LogP contribution in [0.25, 0.3) is 10.9 Å². The van der Waals surface area contributed by atoms with Crippen LogP contribution in [0.15, 0.2) is 12.1 Å². The lowest BCUT2D eigenvalue weighted by Gasteiger charge is -2.00. The number of benzene rings is 1. The van der Waals surface area contributed by atoms with Gasteiger partial charge in [0.15, 0.2) is 6.29 Å². The molecule has 1 heterocycles. The highest BCUT2D eigenvalue weighted by Gasteiger charge is 2.19. The fourth-order valence-corrected chi connectivity index (χ4v) is 2.23. The Bertz CT molecular complexity index is 625. The van der Waals surface area contributed by atoms with E-state index in [0.29, 0.717) is 11.8 Å². The Kier molecular flexibility index (Phi) is 3.19. The van der Waals surface area contributed by atoms with E-state index in [4.69, 9.17) is 4.74 Å². The molecule has 0 aliphatic heterocycles. The van der Waals surface area contributed by atoms with Gasteiger partial charge in [-0.25, -0.2) is 4.79 Å². The molecule has 1 N–H and O–H groups in total. The van der Waals surface area contributed by atoms with Gasteiger partial charge in [0, 0.05) is 10.9 Å². The van der Waals surface area contributed by atoms with E-state index in [2.05, 4.69) is 4.98 Å². The fourth-order valence-electron chi connectivity index (χ4n) is 2.23. The maximum atomic E-state index is 11.8. The molecule has 4 nitrogen and oxygen atoms in total. The van der Waals surface area contributed by atoms with Gasteiger partial charge in [-0.05, 0) is 38.0 Å². The van der Waals surface area contributed by atoms with E-state index in [1.165, 1.54) is 0 Å². The Morgan fingerprint density at radius 3 is 2.72 bits per heavy atom. The Balaban J connectivity index is 2.72. The molecule has 0 radical (unpaired) electrons. The van der Waals surface area contributed by atoms with Gasteiger partial charge >= 0.3 is 5.97 Å². The molecule has 1 aromatic heterocycles. The summed E-state index contributed by atoms with van der Waals surface area (Å²) in [4.78, 5) is 26.0. The van der Waals surface area contributed by atoms with Crippen molar-refractivity contribution in [2.24, 2.45) is 0 Å². The van der Waals surface area contributed by atoms with Gasteiger partial charge in [-0.3, -0.25) is 4.79 Å². The van der Waals surface area contributed by atoms with E-state index in [1.54, 1.807) is 6.92 Å². The van der Waals surface area contributed by atoms with Gasteiger partial charge in [0.25, 0.3) is 0 Å². The van der Waals surface area contributed by atoms with E-state index in [0.717, 1.165) is 22.0 Å². The molecular formula is C14H15NO3. The summed E-state index contributed by atoms with van der Waals surface area (Å²) < 4.78 is 4.94. The number of hydrogen-bond acceptors (Lipinski definition) is 3. The molecule has 2 aromatic rings. The molecule has 0 bridgehead atoms. The predicted octanol–water partition coefficient (Wildman–Crippen LogP) is 2.77. The number of aromatic amines is 1. The number of aromatic nitrogens is 1. The van der Waals surface area contributed by atoms with Gasteiger partial charge in [0.05, 0.1) is 12.2 Å². The first-order valence-electron chi connectivity index (χ1n) is 5.83. The number of carbonyl (C=O) groups excluding carboxylic acids is 2.